The predicted molar refractivity (Wildman–Crippen MR) is 67.6 cm³/mol. The van der Waals surface area contributed by atoms with Gasteiger partial charge in [0.25, 0.3) is 0 Å². The summed E-state index contributed by atoms with van der Waals surface area (Å²) in [4.78, 5) is 0. The number of ether oxygens (including phenoxy) is 2. The molecule has 0 aromatic heterocycles. The van der Waals surface area contributed by atoms with Crippen molar-refractivity contribution in [1.29, 1.82) is 0 Å². The molecule has 16 heavy (non-hydrogen) atoms. The van der Waals surface area contributed by atoms with E-state index in [1.807, 2.05) is 14.2 Å². The van der Waals surface area contributed by atoms with Gasteiger partial charge in [0.2, 0.25) is 0 Å². The standard InChI is InChI=1S/C14H28O2/c1-4-5-10-14(16-3)13(11-15-2)12-8-6-7-9-12/h12-14H,4-11H2,1-3H3. The topological polar surface area (TPSA) is 18.5 Å². The van der Waals surface area contributed by atoms with Crippen molar-refractivity contribution in [3.05, 3.63) is 0 Å². The molecule has 1 aliphatic rings. The van der Waals surface area contributed by atoms with Crippen LogP contribution in [0.4, 0.5) is 0 Å². The Bertz CT molecular complexity index is 164. The Labute approximate surface area is 101 Å². The van der Waals surface area contributed by atoms with Crippen molar-refractivity contribution in [2.75, 3.05) is 20.8 Å². The predicted octanol–water partition coefficient (Wildman–Crippen LogP) is 3.64. The first-order valence-electron chi connectivity index (χ1n) is 6.85. The van der Waals surface area contributed by atoms with E-state index in [-0.39, 0.29) is 0 Å². The summed E-state index contributed by atoms with van der Waals surface area (Å²) in [6.45, 7) is 3.11. The van der Waals surface area contributed by atoms with Crippen LogP contribution in [0, 0.1) is 11.8 Å². The van der Waals surface area contributed by atoms with Gasteiger partial charge in [-0.1, -0.05) is 45.4 Å². The van der Waals surface area contributed by atoms with Crippen LogP contribution in [0.1, 0.15) is 51.9 Å². The average Bonchev–Trinajstić information content (AvgIpc) is 2.82. The molecule has 1 aliphatic carbocycles. The molecule has 2 atom stereocenters. The monoisotopic (exact) mass is 228 g/mol. The minimum Gasteiger partial charge on any atom is -0.384 e. The Morgan fingerprint density at radius 1 is 1.19 bits per heavy atom. The third kappa shape index (κ3) is 4.06. The summed E-state index contributed by atoms with van der Waals surface area (Å²) in [6, 6.07) is 0. The third-order valence-corrected chi connectivity index (χ3v) is 3.99. The fourth-order valence-electron chi connectivity index (χ4n) is 3.04. The van der Waals surface area contributed by atoms with Gasteiger partial charge in [-0.25, -0.2) is 0 Å². The zero-order valence-electron chi connectivity index (χ0n) is 11.2. The van der Waals surface area contributed by atoms with Gasteiger partial charge in [-0.15, -0.1) is 0 Å². The van der Waals surface area contributed by atoms with E-state index in [1.54, 1.807) is 0 Å². The minimum absolute atomic E-state index is 0.406. The number of rotatable bonds is 8. The third-order valence-electron chi connectivity index (χ3n) is 3.99. The molecule has 0 saturated heterocycles. The van der Waals surface area contributed by atoms with Crippen molar-refractivity contribution >= 4 is 0 Å². The molecular weight excluding hydrogens is 200 g/mol. The average molecular weight is 228 g/mol. The molecule has 1 rings (SSSR count). The molecule has 96 valence electrons. The maximum Gasteiger partial charge on any atom is 0.0624 e. The molecule has 2 heteroatoms. The Morgan fingerprint density at radius 2 is 1.88 bits per heavy atom. The van der Waals surface area contributed by atoms with E-state index in [0.29, 0.717) is 12.0 Å². The van der Waals surface area contributed by atoms with E-state index in [2.05, 4.69) is 6.92 Å². The minimum atomic E-state index is 0.406. The quantitative estimate of drug-likeness (QED) is 0.631. The molecule has 0 aromatic rings. The van der Waals surface area contributed by atoms with Gasteiger partial charge in [0.15, 0.2) is 0 Å². The highest BCUT2D eigenvalue weighted by atomic mass is 16.5. The lowest BCUT2D eigenvalue weighted by molar-refractivity contribution is -0.0160. The van der Waals surface area contributed by atoms with Gasteiger partial charge >= 0.3 is 0 Å². The van der Waals surface area contributed by atoms with Crippen LogP contribution in [-0.2, 0) is 9.47 Å². The Balaban J connectivity index is 2.50. The van der Waals surface area contributed by atoms with Crippen LogP contribution in [0.25, 0.3) is 0 Å². The Morgan fingerprint density at radius 3 is 2.38 bits per heavy atom. The molecule has 0 aliphatic heterocycles. The molecule has 0 heterocycles. The van der Waals surface area contributed by atoms with Crippen molar-refractivity contribution in [3.8, 4) is 0 Å². The second kappa shape index (κ2) is 8.08. The lowest BCUT2D eigenvalue weighted by Gasteiger charge is -2.30. The molecule has 2 nitrogen and oxygen atoms in total. The molecule has 0 aromatic carbocycles. The number of hydrogen-bond acceptors (Lipinski definition) is 2. The highest BCUT2D eigenvalue weighted by Gasteiger charge is 2.31. The van der Waals surface area contributed by atoms with Crippen LogP contribution in [0.3, 0.4) is 0 Å². The molecule has 1 fully saturated rings. The van der Waals surface area contributed by atoms with E-state index < -0.39 is 0 Å². The van der Waals surface area contributed by atoms with Crippen LogP contribution in [0.15, 0.2) is 0 Å². The molecule has 0 bridgehead atoms. The van der Waals surface area contributed by atoms with Gasteiger partial charge in [0, 0.05) is 20.1 Å². The van der Waals surface area contributed by atoms with Crippen molar-refractivity contribution in [1.82, 2.24) is 0 Å². The molecule has 0 spiro atoms. The van der Waals surface area contributed by atoms with Gasteiger partial charge in [-0.2, -0.15) is 0 Å². The summed E-state index contributed by atoms with van der Waals surface area (Å²) in [5.41, 5.74) is 0. The summed E-state index contributed by atoms with van der Waals surface area (Å²) in [5.74, 6) is 1.45. The first kappa shape index (κ1) is 14.0. The second-order valence-corrected chi connectivity index (χ2v) is 5.08. The Kier molecular flexibility index (Phi) is 7.06. The molecule has 0 amide bonds. The van der Waals surface area contributed by atoms with Gasteiger partial charge in [0.05, 0.1) is 12.7 Å². The van der Waals surface area contributed by atoms with Crippen LogP contribution in [0.5, 0.6) is 0 Å². The number of unbranched alkanes of at least 4 members (excludes halogenated alkanes) is 1. The first-order chi connectivity index (χ1) is 7.83. The maximum atomic E-state index is 5.70. The summed E-state index contributed by atoms with van der Waals surface area (Å²) < 4.78 is 11.1. The van der Waals surface area contributed by atoms with Crippen LogP contribution >= 0.6 is 0 Å². The van der Waals surface area contributed by atoms with E-state index in [0.717, 1.165) is 12.5 Å². The van der Waals surface area contributed by atoms with Gasteiger partial charge in [-0.3, -0.25) is 0 Å². The van der Waals surface area contributed by atoms with Crippen molar-refractivity contribution in [2.24, 2.45) is 11.8 Å². The number of methoxy groups -OCH3 is 2. The van der Waals surface area contributed by atoms with Crippen LogP contribution in [0.2, 0.25) is 0 Å². The summed E-state index contributed by atoms with van der Waals surface area (Å²) in [6.07, 6.45) is 9.67. The van der Waals surface area contributed by atoms with Gasteiger partial charge in [0.1, 0.15) is 0 Å². The van der Waals surface area contributed by atoms with E-state index in [1.165, 1.54) is 44.9 Å². The van der Waals surface area contributed by atoms with E-state index in [9.17, 15) is 0 Å². The SMILES string of the molecule is CCCCC(OC)C(COC)C1CCCC1. The molecule has 2 unspecified atom stereocenters. The molecule has 0 radical (unpaired) electrons. The fraction of sp³-hybridized carbons (Fsp3) is 1.00. The second-order valence-electron chi connectivity index (χ2n) is 5.08. The van der Waals surface area contributed by atoms with Crippen LogP contribution < -0.4 is 0 Å². The first-order valence-corrected chi connectivity index (χ1v) is 6.85. The Hall–Kier alpha value is -0.0800. The lowest BCUT2D eigenvalue weighted by atomic mass is 9.84. The molecular formula is C14H28O2. The van der Waals surface area contributed by atoms with Crippen LogP contribution in [-0.4, -0.2) is 26.9 Å². The summed E-state index contributed by atoms with van der Waals surface area (Å²) >= 11 is 0. The molecule has 0 N–H and O–H groups in total. The van der Waals surface area contributed by atoms with Gasteiger partial charge in [-0.05, 0) is 12.3 Å². The summed E-state index contributed by atoms with van der Waals surface area (Å²) in [7, 11) is 3.67. The molecule has 1 saturated carbocycles. The fourth-order valence-corrected chi connectivity index (χ4v) is 3.04. The van der Waals surface area contributed by atoms with Crippen molar-refractivity contribution in [2.45, 2.75) is 58.0 Å². The van der Waals surface area contributed by atoms with Crippen molar-refractivity contribution < 1.29 is 9.47 Å². The van der Waals surface area contributed by atoms with E-state index in [4.69, 9.17) is 9.47 Å². The highest BCUT2D eigenvalue weighted by Crippen LogP contribution is 2.35. The van der Waals surface area contributed by atoms with Crippen molar-refractivity contribution in [3.63, 3.8) is 0 Å². The summed E-state index contributed by atoms with van der Waals surface area (Å²) in [5, 5.41) is 0. The zero-order valence-corrected chi connectivity index (χ0v) is 11.2. The smallest absolute Gasteiger partial charge is 0.0624 e. The van der Waals surface area contributed by atoms with Gasteiger partial charge < -0.3 is 9.47 Å². The number of hydrogen-bond donors (Lipinski definition) is 0. The normalized spacial score (nSPS) is 21.2. The maximum absolute atomic E-state index is 5.70. The zero-order chi connectivity index (χ0) is 11.8. The van der Waals surface area contributed by atoms with E-state index >= 15 is 0 Å². The lowest BCUT2D eigenvalue weighted by Crippen LogP contribution is -2.32. The highest BCUT2D eigenvalue weighted by molar-refractivity contribution is 4.81. The largest absolute Gasteiger partial charge is 0.384 e.